The van der Waals surface area contributed by atoms with Crippen molar-refractivity contribution in [1.82, 2.24) is 20.4 Å². The summed E-state index contributed by atoms with van der Waals surface area (Å²) in [6.07, 6.45) is 2.36. The van der Waals surface area contributed by atoms with Crippen molar-refractivity contribution >= 4 is 29.1 Å². The first-order valence-electron chi connectivity index (χ1n) is 8.75. The minimum Gasteiger partial charge on any atom is -0.353 e. The first-order valence-corrected chi connectivity index (χ1v) is 8.75. The Morgan fingerprint density at radius 1 is 1.15 bits per heavy atom. The van der Waals surface area contributed by atoms with Crippen LogP contribution in [0.5, 0.6) is 0 Å². The maximum atomic E-state index is 12.4. The molecule has 140 valence electrons. The molecule has 1 aliphatic rings. The second-order valence-electron chi connectivity index (χ2n) is 6.46. The van der Waals surface area contributed by atoms with Crippen molar-refractivity contribution in [3.8, 4) is 0 Å². The number of hydrogen-bond donors (Lipinski definition) is 2. The molecule has 1 aromatic heterocycles. The number of fused-ring (bicyclic) bond motifs is 2. The molecule has 1 aliphatic heterocycles. The summed E-state index contributed by atoms with van der Waals surface area (Å²) in [5.41, 5.74) is 2.31. The molecule has 2 aromatic carbocycles. The third kappa shape index (κ3) is 4.02. The molecule has 0 radical (unpaired) electrons. The number of halogens is 1. The van der Waals surface area contributed by atoms with Crippen LogP contribution in [0.3, 0.4) is 0 Å². The minimum atomic E-state index is -0.244. The van der Waals surface area contributed by atoms with Crippen molar-refractivity contribution in [1.29, 1.82) is 0 Å². The lowest BCUT2D eigenvalue weighted by Gasteiger charge is -2.25. The Kier molecular flexibility index (Phi) is 5.88. The summed E-state index contributed by atoms with van der Waals surface area (Å²) in [5, 5.41) is 11.8. The van der Waals surface area contributed by atoms with Crippen molar-refractivity contribution in [2.75, 3.05) is 6.54 Å². The fourth-order valence-electron chi connectivity index (χ4n) is 3.33. The Balaban J connectivity index is 0.00000210. The van der Waals surface area contributed by atoms with E-state index in [1.807, 2.05) is 30.3 Å². The van der Waals surface area contributed by atoms with Crippen LogP contribution in [0.2, 0.25) is 0 Å². The average Bonchev–Trinajstić information content (AvgIpc) is 2.69. The van der Waals surface area contributed by atoms with E-state index in [1.54, 1.807) is 12.3 Å². The predicted molar refractivity (Wildman–Crippen MR) is 107 cm³/mol. The quantitative estimate of drug-likeness (QED) is 0.717. The Morgan fingerprint density at radius 2 is 1.89 bits per heavy atom. The van der Waals surface area contributed by atoms with Gasteiger partial charge in [-0.1, -0.05) is 42.5 Å². The maximum absolute atomic E-state index is 12.4. The van der Waals surface area contributed by atoms with Gasteiger partial charge < -0.3 is 10.6 Å². The fourth-order valence-corrected chi connectivity index (χ4v) is 3.33. The second-order valence-corrected chi connectivity index (χ2v) is 6.46. The summed E-state index contributed by atoms with van der Waals surface area (Å²) in [4.78, 5) is 24.8. The lowest BCUT2D eigenvalue weighted by atomic mass is 9.95. The zero-order valence-corrected chi connectivity index (χ0v) is 15.5. The lowest BCUT2D eigenvalue weighted by molar-refractivity contribution is -0.123. The number of rotatable bonds is 4. The molecule has 27 heavy (non-hydrogen) atoms. The van der Waals surface area contributed by atoms with E-state index in [9.17, 15) is 9.59 Å². The van der Waals surface area contributed by atoms with Crippen LogP contribution in [-0.4, -0.2) is 28.3 Å². The molecule has 1 amide bonds. The number of nitrogens with zero attached hydrogens (tertiary/aromatic N) is 2. The monoisotopic (exact) mass is 384 g/mol. The molecule has 0 spiro atoms. The van der Waals surface area contributed by atoms with Crippen molar-refractivity contribution in [2.24, 2.45) is 0 Å². The minimum absolute atomic E-state index is 0. The van der Waals surface area contributed by atoms with Gasteiger partial charge in [0.2, 0.25) is 5.91 Å². The predicted octanol–water partition coefficient (Wildman–Crippen LogP) is 1.65. The molecule has 0 saturated carbocycles. The van der Waals surface area contributed by atoms with Gasteiger partial charge in [0, 0.05) is 18.5 Å². The van der Waals surface area contributed by atoms with Crippen LogP contribution < -0.4 is 16.2 Å². The zero-order chi connectivity index (χ0) is 17.9. The number of hydrogen-bond acceptors (Lipinski definition) is 4. The number of aromatic nitrogens is 2. The van der Waals surface area contributed by atoms with E-state index in [4.69, 9.17) is 0 Å². The van der Waals surface area contributed by atoms with E-state index >= 15 is 0 Å². The van der Waals surface area contributed by atoms with Crippen molar-refractivity contribution in [2.45, 2.75) is 25.6 Å². The van der Waals surface area contributed by atoms with Gasteiger partial charge in [-0.05, 0) is 23.6 Å². The summed E-state index contributed by atoms with van der Waals surface area (Å²) in [6, 6.07) is 15.3. The Hall–Kier alpha value is -2.70. The van der Waals surface area contributed by atoms with Crippen LogP contribution in [0.4, 0.5) is 0 Å². The summed E-state index contributed by atoms with van der Waals surface area (Å²) in [6.45, 7) is 1.41. The van der Waals surface area contributed by atoms with Crippen molar-refractivity contribution < 1.29 is 4.79 Å². The molecular formula is C20H21ClN4O2. The van der Waals surface area contributed by atoms with Gasteiger partial charge in [-0.15, -0.1) is 12.4 Å². The van der Waals surface area contributed by atoms with Crippen LogP contribution in [0.1, 0.15) is 11.1 Å². The molecule has 6 nitrogen and oxygen atoms in total. The largest absolute Gasteiger partial charge is 0.353 e. The summed E-state index contributed by atoms with van der Waals surface area (Å²) >= 11 is 0. The molecule has 3 aromatic rings. The third-order valence-electron chi connectivity index (χ3n) is 4.78. The van der Waals surface area contributed by atoms with Gasteiger partial charge in [-0.3, -0.25) is 9.59 Å². The smallest absolute Gasteiger partial charge is 0.274 e. The molecule has 4 rings (SSSR count). The first kappa shape index (κ1) is 19.1. The molecule has 1 atom stereocenters. The van der Waals surface area contributed by atoms with Gasteiger partial charge in [0.1, 0.15) is 0 Å². The van der Waals surface area contributed by atoms with E-state index < -0.39 is 0 Å². The SMILES string of the molecule is Cl.O=C(NCCn1ncc2ccccc2c1=O)[C@H]1Cc2ccccc2CN1. The van der Waals surface area contributed by atoms with Gasteiger partial charge in [0.15, 0.2) is 0 Å². The van der Waals surface area contributed by atoms with Gasteiger partial charge in [-0.25, -0.2) is 4.68 Å². The topological polar surface area (TPSA) is 76.0 Å². The summed E-state index contributed by atoms with van der Waals surface area (Å²) in [5.74, 6) is -0.0478. The van der Waals surface area contributed by atoms with Gasteiger partial charge in [-0.2, -0.15) is 5.10 Å². The maximum Gasteiger partial charge on any atom is 0.274 e. The van der Waals surface area contributed by atoms with Crippen molar-refractivity contribution in [3.63, 3.8) is 0 Å². The van der Waals surface area contributed by atoms with Crippen LogP contribution in [0.25, 0.3) is 10.8 Å². The van der Waals surface area contributed by atoms with E-state index in [2.05, 4.69) is 27.9 Å². The standard InChI is InChI=1S/C20H20N4O2.ClH/c25-19(18-11-14-5-1-2-6-15(14)12-22-18)21-9-10-24-20(26)17-8-4-3-7-16(17)13-23-24;/h1-8,13,18,22H,9-12H2,(H,21,25);1H/t18-;/m1./s1. The van der Waals surface area contributed by atoms with E-state index in [1.165, 1.54) is 15.8 Å². The Labute approximate surface area is 163 Å². The number of amides is 1. The van der Waals surface area contributed by atoms with Crippen LogP contribution in [0.15, 0.2) is 59.5 Å². The second kappa shape index (κ2) is 8.33. The summed E-state index contributed by atoms with van der Waals surface area (Å²) in [7, 11) is 0. The van der Waals surface area contributed by atoms with Crippen LogP contribution in [-0.2, 0) is 24.3 Å². The molecule has 0 unspecified atom stereocenters. The van der Waals surface area contributed by atoms with Crippen LogP contribution >= 0.6 is 12.4 Å². The Bertz CT molecular complexity index is 1020. The molecule has 2 heterocycles. The molecule has 0 fully saturated rings. The summed E-state index contributed by atoms with van der Waals surface area (Å²) < 4.78 is 1.40. The van der Waals surface area contributed by atoms with Crippen LogP contribution in [0, 0.1) is 0 Å². The molecule has 7 heteroatoms. The van der Waals surface area contributed by atoms with E-state index in [-0.39, 0.29) is 29.9 Å². The fraction of sp³-hybridized carbons (Fsp3) is 0.250. The molecule has 0 bridgehead atoms. The van der Waals surface area contributed by atoms with E-state index in [0.29, 0.717) is 31.4 Å². The lowest BCUT2D eigenvalue weighted by Crippen LogP contribution is -2.48. The highest BCUT2D eigenvalue weighted by atomic mass is 35.5. The first-order chi connectivity index (χ1) is 12.7. The normalized spacial score (nSPS) is 15.6. The van der Waals surface area contributed by atoms with Gasteiger partial charge >= 0.3 is 0 Å². The zero-order valence-electron chi connectivity index (χ0n) is 14.7. The number of carbonyl (C=O) groups excluding carboxylic acids is 1. The number of carbonyl (C=O) groups is 1. The van der Waals surface area contributed by atoms with E-state index in [0.717, 1.165) is 5.39 Å². The molecule has 2 N–H and O–H groups in total. The third-order valence-corrected chi connectivity index (χ3v) is 4.78. The number of benzene rings is 2. The highest BCUT2D eigenvalue weighted by Gasteiger charge is 2.23. The average molecular weight is 385 g/mol. The van der Waals surface area contributed by atoms with Gasteiger partial charge in [0.25, 0.3) is 5.56 Å². The Morgan fingerprint density at radius 3 is 2.74 bits per heavy atom. The van der Waals surface area contributed by atoms with Crippen molar-refractivity contribution in [3.05, 3.63) is 76.2 Å². The highest BCUT2D eigenvalue weighted by molar-refractivity contribution is 5.85. The van der Waals surface area contributed by atoms with Gasteiger partial charge in [0.05, 0.1) is 24.2 Å². The number of nitrogens with one attached hydrogen (secondary N) is 2. The molecule has 0 saturated heterocycles. The molecular weight excluding hydrogens is 364 g/mol. The molecule has 0 aliphatic carbocycles. The highest BCUT2D eigenvalue weighted by Crippen LogP contribution is 2.16.